The molecule has 5 heteroatoms. The Balaban J connectivity index is 3.43. The van der Waals surface area contributed by atoms with E-state index in [1.54, 1.807) is 0 Å². The normalized spacial score (nSPS) is 12.0. The van der Waals surface area contributed by atoms with Crippen LogP contribution in [0.2, 0.25) is 0 Å². The zero-order chi connectivity index (χ0) is 6.57. The molecule has 0 aromatic rings. The second-order valence-corrected chi connectivity index (χ2v) is 2.14. The lowest BCUT2D eigenvalue weighted by atomic mass is 10.8. The van der Waals surface area contributed by atoms with Gasteiger partial charge in [0.1, 0.15) is 0 Å². The van der Waals surface area contributed by atoms with Gasteiger partial charge in [-0.3, -0.25) is 0 Å². The van der Waals surface area contributed by atoms with Crippen LogP contribution in [0.3, 0.4) is 0 Å². The molecule has 0 rings (SSSR count). The van der Waals surface area contributed by atoms with Gasteiger partial charge < -0.3 is 9.66 Å². The first-order valence-electron chi connectivity index (χ1n) is 1.66. The van der Waals surface area contributed by atoms with Crippen LogP contribution in [-0.4, -0.2) is 21.4 Å². The molecule has 0 aliphatic carbocycles. The number of rotatable bonds is 2. The van der Waals surface area contributed by atoms with Crippen LogP contribution in [0.4, 0.5) is 0 Å². The molecule has 0 saturated heterocycles. The molecule has 0 spiro atoms. The molecule has 4 nitrogen and oxygen atoms in total. The van der Waals surface area contributed by atoms with E-state index in [1.807, 2.05) is 0 Å². The van der Waals surface area contributed by atoms with Crippen LogP contribution in [0.5, 0.6) is 0 Å². The fourth-order valence-electron chi connectivity index (χ4n) is 0.144. The summed E-state index contributed by atoms with van der Waals surface area (Å²) < 4.78 is 9.99. The van der Waals surface area contributed by atoms with Crippen molar-refractivity contribution in [2.75, 3.05) is 5.75 Å². The fraction of sp³-hybridized carbons (Fsp3) is 0.333. The minimum atomic E-state index is -1.85. The summed E-state index contributed by atoms with van der Waals surface area (Å²) in [6, 6.07) is 0. The molecule has 0 aromatic carbocycles. The van der Waals surface area contributed by atoms with Crippen LogP contribution in [-0.2, 0) is 16.0 Å². The van der Waals surface area contributed by atoms with Crippen molar-refractivity contribution in [1.29, 1.82) is 5.26 Å². The minimum Gasteiger partial charge on any atom is -0.602 e. The summed E-state index contributed by atoms with van der Waals surface area (Å²) in [5, 5.41) is 16.9. The Morgan fingerprint density at radius 2 is 2.50 bits per heavy atom. The van der Waals surface area contributed by atoms with Crippen LogP contribution in [0.25, 0.3) is 0 Å². The summed E-state index contributed by atoms with van der Waals surface area (Å²) >= 11 is -1.85. The number of nitrogens with zero attached hydrogens (tertiary/aromatic N) is 1. The molecular weight excluding hydrogens is 130 g/mol. The molecule has 0 radical (unpaired) electrons. The van der Waals surface area contributed by atoms with Gasteiger partial charge in [0.2, 0.25) is 5.75 Å². The van der Waals surface area contributed by atoms with Crippen LogP contribution in [0.1, 0.15) is 0 Å². The zero-order valence-corrected chi connectivity index (χ0v) is 4.64. The number of aliphatic carboxylic acids is 1. The number of nitriles is 1. The number of carboxylic acids is 1. The van der Waals surface area contributed by atoms with Gasteiger partial charge in [-0.2, -0.15) is 0 Å². The third kappa shape index (κ3) is 3.46. The number of carboxylic acid groups (broad SMARTS) is 1. The first kappa shape index (κ1) is 7.27. The van der Waals surface area contributed by atoms with Gasteiger partial charge in [-0.05, 0) is 0 Å². The SMILES string of the molecule is N#C[S+]([O-])CC(=O)O. The quantitative estimate of drug-likeness (QED) is 0.398. The molecule has 1 unspecified atom stereocenters. The average Bonchev–Trinajstić information content (AvgIpc) is 1.65. The van der Waals surface area contributed by atoms with E-state index in [1.165, 1.54) is 5.40 Å². The van der Waals surface area contributed by atoms with Crippen LogP contribution < -0.4 is 0 Å². The van der Waals surface area contributed by atoms with E-state index in [9.17, 15) is 9.35 Å². The van der Waals surface area contributed by atoms with Crippen molar-refractivity contribution in [3.8, 4) is 5.40 Å². The van der Waals surface area contributed by atoms with Crippen LogP contribution >= 0.6 is 0 Å². The lowest BCUT2D eigenvalue weighted by Crippen LogP contribution is -2.12. The van der Waals surface area contributed by atoms with Gasteiger partial charge in [0.05, 0.1) is 11.2 Å². The number of hydrogen-bond acceptors (Lipinski definition) is 3. The Kier molecular flexibility index (Phi) is 2.99. The number of carbonyl (C=O) groups is 1. The van der Waals surface area contributed by atoms with Gasteiger partial charge >= 0.3 is 11.4 Å². The number of hydrogen-bond donors (Lipinski definition) is 1. The van der Waals surface area contributed by atoms with E-state index < -0.39 is 22.9 Å². The Labute approximate surface area is 48.9 Å². The highest BCUT2D eigenvalue weighted by Gasteiger charge is 2.09. The van der Waals surface area contributed by atoms with Crippen LogP contribution in [0.15, 0.2) is 0 Å². The lowest BCUT2D eigenvalue weighted by molar-refractivity contribution is -0.134. The van der Waals surface area contributed by atoms with Crippen molar-refractivity contribution in [2.24, 2.45) is 0 Å². The molecule has 1 atom stereocenters. The van der Waals surface area contributed by atoms with Crippen molar-refractivity contribution in [3.05, 3.63) is 0 Å². The molecule has 8 heavy (non-hydrogen) atoms. The molecule has 0 bridgehead atoms. The zero-order valence-electron chi connectivity index (χ0n) is 3.83. The van der Waals surface area contributed by atoms with E-state index in [0.717, 1.165) is 0 Å². The molecule has 0 aliphatic heterocycles. The van der Waals surface area contributed by atoms with Crippen molar-refractivity contribution >= 4 is 17.1 Å². The maximum absolute atomic E-state index is 9.99. The molecule has 0 aliphatic rings. The molecule has 0 saturated carbocycles. The van der Waals surface area contributed by atoms with Gasteiger partial charge in [-0.1, -0.05) is 0 Å². The van der Waals surface area contributed by atoms with Gasteiger partial charge in [0, 0.05) is 0 Å². The third-order valence-electron chi connectivity index (χ3n) is 0.356. The first-order valence-corrected chi connectivity index (χ1v) is 2.98. The summed E-state index contributed by atoms with van der Waals surface area (Å²) in [4.78, 5) is 9.62. The Bertz CT molecular complexity index is 129. The van der Waals surface area contributed by atoms with Gasteiger partial charge in [0.15, 0.2) is 0 Å². The molecule has 0 amide bonds. The van der Waals surface area contributed by atoms with Crippen LogP contribution in [0, 0.1) is 10.7 Å². The topological polar surface area (TPSA) is 84.1 Å². The highest BCUT2D eigenvalue weighted by Crippen LogP contribution is 1.83. The fourth-order valence-corrected chi connectivity index (χ4v) is 0.433. The van der Waals surface area contributed by atoms with E-state index in [0.29, 0.717) is 0 Å². The molecule has 0 fully saturated rings. The van der Waals surface area contributed by atoms with Crippen molar-refractivity contribution in [3.63, 3.8) is 0 Å². The van der Waals surface area contributed by atoms with E-state index in [2.05, 4.69) is 0 Å². The molecule has 44 valence electrons. The van der Waals surface area contributed by atoms with E-state index >= 15 is 0 Å². The predicted octanol–water partition coefficient (Wildman–Crippen LogP) is -0.699. The summed E-state index contributed by atoms with van der Waals surface area (Å²) in [6.07, 6.45) is 0. The second-order valence-electron chi connectivity index (χ2n) is 0.975. The smallest absolute Gasteiger partial charge is 0.355 e. The Morgan fingerprint density at radius 1 is 2.00 bits per heavy atom. The highest BCUT2D eigenvalue weighted by atomic mass is 32.2. The lowest BCUT2D eigenvalue weighted by Gasteiger charge is -1.91. The second kappa shape index (κ2) is 3.29. The molecular formula is C3H3NO3S. The standard InChI is InChI=1S/C3H3NO3S/c4-2-8(7)1-3(5)6/h1H2,(H,5,6). The Morgan fingerprint density at radius 3 is 2.62 bits per heavy atom. The van der Waals surface area contributed by atoms with Gasteiger partial charge in [-0.25, -0.2) is 4.79 Å². The summed E-state index contributed by atoms with van der Waals surface area (Å²) in [5.74, 6) is -1.80. The van der Waals surface area contributed by atoms with Gasteiger partial charge in [0.25, 0.3) is 0 Å². The summed E-state index contributed by atoms with van der Waals surface area (Å²) in [6.45, 7) is 0. The number of thiocyanates is 1. The van der Waals surface area contributed by atoms with E-state index in [-0.39, 0.29) is 0 Å². The predicted molar refractivity (Wildman–Crippen MR) is 26.3 cm³/mol. The molecule has 0 aromatic heterocycles. The maximum Gasteiger partial charge on any atom is 0.355 e. The largest absolute Gasteiger partial charge is 0.602 e. The average molecular weight is 133 g/mol. The molecule has 1 N–H and O–H groups in total. The van der Waals surface area contributed by atoms with Crippen molar-refractivity contribution in [1.82, 2.24) is 0 Å². The Hall–Kier alpha value is -0.730. The van der Waals surface area contributed by atoms with Crippen molar-refractivity contribution in [2.45, 2.75) is 0 Å². The van der Waals surface area contributed by atoms with Crippen molar-refractivity contribution < 1.29 is 14.5 Å². The monoisotopic (exact) mass is 133 g/mol. The minimum absolute atomic E-state index is 0.587. The highest BCUT2D eigenvalue weighted by molar-refractivity contribution is 7.96. The summed E-state index contributed by atoms with van der Waals surface area (Å²) in [5.41, 5.74) is 0. The maximum atomic E-state index is 9.99. The van der Waals surface area contributed by atoms with E-state index in [4.69, 9.17) is 10.4 Å². The molecule has 0 heterocycles. The third-order valence-corrected chi connectivity index (χ3v) is 1.07. The summed E-state index contributed by atoms with van der Waals surface area (Å²) in [7, 11) is 0. The first-order chi connectivity index (χ1) is 3.66. The van der Waals surface area contributed by atoms with Gasteiger partial charge in [-0.15, -0.1) is 5.26 Å².